The van der Waals surface area contributed by atoms with E-state index in [-0.39, 0.29) is 17.5 Å². The highest BCUT2D eigenvalue weighted by Crippen LogP contribution is 2.29. The Morgan fingerprint density at radius 2 is 1.64 bits per heavy atom. The number of halogens is 3. The molecule has 2 aromatic rings. The molecule has 1 N–H and O–H groups in total. The summed E-state index contributed by atoms with van der Waals surface area (Å²) in [6.45, 7) is 2.97. The summed E-state index contributed by atoms with van der Waals surface area (Å²) in [5.41, 5.74) is 1.06. The molecule has 1 aliphatic heterocycles. The minimum atomic E-state index is -4.42. The molecule has 28 heavy (non-hydrogen) atoms. The molecule has 1 heterocycles. The monoisotopic (exact) mass is 390 g/mol. The Labute approximate surface area is 161 Å². The van der Waals surface area contributed by atoms with E-state index in [4.69, 9.17) is 0 Å². The van der Waals surface area contributed by atoms with Gasteiger partial charge in [0.2, 0.25) is 0 Å². The van der Waals surface area contributed by atoms with E-state index in [1.165, 1.54) is 12.1 Å². The van der Waals surface area contributed by atoms with Crippen molar-refractivity contribution in [3.63, 3.8) is 0 Å². The number of amides is 2. The number of benzene rings is 2. The normalized spacial score (nSPS) is 15.4. The first-order valence-corrected chi connectivity index (χ1v) is 9.08. The van der Waals surface area contributed by atoms with Crippen molar-refractivity contribution in [1.82, 2.24) is 10.2 Å². The highest BCUT2D eigenvalue weighted by molar-refractivity contribution is 5.95. The Bertz CT molecular complexity index is 855. The third-order valence-electron chi connectivity index (χ3n) is 4.86. The van der Waals surface area contributed by atoms with Gasteiger partial charge in [0.15, 0.2) is 0 Å². The van der Waals surface area contributed by atoms with Gasteiger partial charge in [-0.25, -0.2) is 0 Å². The van der Waals surface area contributed by atoms with Crippen LogP contribution in [-0.2, 0) is 6.18 Å². The second-order valence-corrected chi connectivity index (χ2v) is 6.98. The van der Waals surface area contributed by atoms with Gasteiger partial charge in [-0.15, -0.1) is 0 Å². The van der Waals surface area contributed by atoms with E-state index in [0.717, 1.165) is 17.7 Å². The topological polar surface area (TPSA) is 49.4 Å². The number of hydrogen-bond acceptors (Lipinski definition) is 2. The summed E-state index contributed by atoms with van der Waals surface area (Å²) in [5, 5.41) is 2.84. The van der Waals surface area contributed by atoms with Crippen molar-refractivity contribution in [2.75, 3.05) is 13.1 Å². The largest absolute Gasteiger partial charge is 0.416 e. The molecule has 0 aromatic heterocycles. The van der Waals surface area contributed by atoms with Gasteiger partial charge in [0.25, 0.3) is 11.8 Å². The average molecular weight is 390 g/mol. The summed E-state index contributed by atoms with van der Waals surface area (Å²) >= 11 is 0. The van der Waals surface area contributed by atoms with Crippen LogP contribution in [0.15, 0.2) is 48.5 Å². The van der Waals surface area contributed by atoms with Gasteiger partial charge in [-0.2, -0.15) is 13.2 Å². The summed E-state index contributed by atoms with van der Waals surface area (Å²) < 4.78 is 37.8. The number of rotatable bonds is 3. The van der Waals surface area contributed by atoms with Gasteiger partial charge < -0.3 is 10.2 Å². The van der Waals surface area contributed by atoms with Crippen molar-refractivity contribution in [3.05, 3.63) is 70.8 Å². The third-order valence-corrected chi connectivity index (χ3v) is 4.86. The lowest BCUT2D eigenvalue weighted by Gasteiger charge is -2.32. The maximum atomic E-state index is 12.6. The average Bonchev–Trinajstić information content (AvgIpc) is 2.67. The maximum Gasteiger partial charge on any atom is 0.416 e. The number of carbonyl (C=O) groups excluding carboxylic acids is 2. The van der Waals surface area contributed by atoms with Crippen molar-refractivity contribution in [2.24, 2.45) is 0 Å². The molecule has 7 heteroatoms. The van der Waals surface area contributed by atoms with Crippen LogP contribution < -0.4 is 5.32 Å². The molecule has 1 fully saturated rings. The third kappa shape index (κ3) is 4.71. The number of piperidine rings is 1. The lowest BCUT2D eigenvalue weighted by atomic mass is 10.0. The van der Waals surface area contributed by atoms with E-state index in [2.05, 4.69) is 5.32 Å². The summed E-state index contributed by atoms with van der Waals surface area (Å²) in [6.07, 6.45) is -3.22. The number of nitrogens with one attached hydrogen (secondary N) is 1. The van der Waals surface area contributed by atoms with Gasteiger partial charge in [0.1, 0.15) is 0 Å². The standard InChI is InChI=1S/C21H21F3N2O2/c1-14-3-2-4-16(13-14)20(28)26-11-9-18(10-12-26)25-19(27)15-5-7-17(8-6-15)21(22,23)24/h2-8,13,18H,9-12H2,1H3,(H,25,27). The number of aryl methyl sites for hydroxylation is 1. The number of alkyl halides is 3. The molecule has 4 nitrogen and oxygen atoms in total. The molecule has 3 rings (SSSR count). The summed E-state index contributed by atoms with van der Waals surface area (Å²) in [4.78, 5) is 26.6. The minimum Gasteiger partial charge on any atom is -0.349 e. The number of carbonyl (C=O) groups is 2. The first kappa shape index (κ1) is 19.9. The van der Waals surface area contributed by atoms with Gasteiger partial charge in [0.05, 0.1) is 5.56 Å². The molecule has 0 aliphatic carbocycles. The van der Waals surface area contributed by atoms with Gasteiger partial charge >= 0.3 is 6.18 Å². The van der Waals surface area contributed by atoms with Crippen LogP contribution in [0.1, 0.15) is 44.7 Å². The Balaban J connectivity index is 1.54. The van der Waals surface area contributed by atoms with E-state index in [0.29, 0.717) is 31.5 Å². The molecule has 0 atom stereocenters. The van der Waals surface area contributed by atoms with Gasteiger partial charge in [-0.05, 0) is 56.2 Å². The predicted octanol–water partition coefficient (Wildman–Crippen LogP) is 4.05. The van der Waals surface area contributed by atoms with Crippen LogP contribution in [0.3, 0.4) is 0 Å². The second kappa shape index (κ2) is 8.04. The Kier molecular flexibility index (Phi) is 5.72. The Hall–Kier alpha value is -2.83. The Morgan fingerprint density at radius 1 is 1.00 bits per heavy atom. The van der Waals surface area contributed by atoms with Crippen molar-refractivity contribution < 1.29 is 22.8 Å². The van der Waals surface area contributed by atoms with Crippen LogP contribution in [0.5, 0.6) is 0 Å². The molecule has 0 radical (unpaired) electrons. The first-order valence-electron chi connectivity index (χ1n) is 9.08. The lowest BCUT2D eigenvalue weighted by Crippen LogP contribution is -2.46. The SMILES string of the molecule is Cc1cccc(C(=O)N2CCC(NC(=O)c3ccc(C(F)(F)F)cc3)CC2)c1. The van der Waals surface area contributed by atoms with Crippen LogP contribution >= 0.6 is 0 Å². The second-order valence-electron chi connectivity index (χ2n) is 6.98. The molecule has 0 unspecified atom stereocenters. The zero-order chi connectivity index (χ0) is 20.3. The fraction of sp³-hybridized carbons (Fsp3) is 0.333. The van der Waals surface area contributed by atoms with Crippen LogP contribution in [0, 0.1) is 6.92 Å². The smallest absolute Gasteiger partial charge is 0.349 e. The van der Waals surface area contributed by atoms with Crippen LogP contribution in [0.2, 0.25) is 0 Å². The molecule has 1 saturated heterocycles. The van der Waals surface area contributed by atoms with Gasteiger partial charge in [-0.3, -0.25) is 9.59 Å². The summed E-state index contributed by atoms with van der Waals surface area (Å²) in [7, 11) is 0. The molecule has 2 amide bonds. The molecule has 0 saturated carbocycles. The number of hydrogen-bond donors (Lipinski definition) is 1. The zero-order valence-corrected chi connectivity index (χ0v) is 15.4. The summed E-state index contributed by atoms with van der Waals surface area (Å²) in [6, 6.07) is 11.4. The van der Waals surface area contributed by atoms with Crippen LogP contribution in [-0.4, -0.2) is 35.8 Å². The van der Waals surface area contributed by atoms with Crippen LogP contribution in [0.25, 0.3) is 0 Å². The lowest BCUT2D eigenvalue weighted by molar-refractivity contribution is -0.137. The van der Waals surface area contributed by atoms with Crippen molar-refractivity contribution in [1.29, 1.82) is 0 Å². The minimum absolute atomic E-state index is 0.0313. The fourth-order valence-corrected chi connectivity index (χ4v) is 3.27. The predicted molar refractivity (Wildman–Crippen MR) is 99.0 cm³/mol. The highest BCUT2D eigenvalue weighted by Gasteiger charge is 2.30. The van der Waals surface area contributed by atoms with E-state index in [9.17, 15) is 22.8 Å². The van der Waals surface area contributed by atoms with E-state index >= 15 is 0 Å². The van der Waals surface area contributed by atoms with Crippen molar-refractivity contribution >= 4 is 11.8 Å². The van der Waals surface area contributed by atoms with Crippen molar-refractivity contribution in [3.8, 4) is 0 Å². The van der Waals surface area contributed by atoms with Crippen LogP contribution in [0.4, 0.5) is 13.2 Å². The Morgan fingerprint density at radius 3 is 2.21 bits per heavy atom. The fourth-order valence-electron chi connectivity index (χ4n) is 3.27. The molecule has 1 aliphatic rings. The molecule has 2 aromatic carbocycles. The maximum absolute atomic E-state index is 12.6. The quantitative estimate of drug-likeness (QED) is 0.860. The molecule has 0 bridgehead atoms. The highest BCUT2D eigenvalue weighted by atomic mass is 19.4. The van der Waals surface area contributed by atoms with Gasteiger partial charge in [-0.1, -0.05) is 17.7 Å². The van der Waals surface area contributed by atoms with Gasteiger partial charge in [0, 0.05) is 30.3 Å². The molecule has 148 valence electrons. The number of likely N-dealkylation sites (tertiary alicyclic amines) is 1. The molecular weight excluding hydrogens is 369 g/mol. The van der Waals surface area contributed by atoms with E-state index in [1.54, 1.807) is 11.0 Å². The first-order chi connectivity index (χ1) is 13.2. The summed E-state index contributed by atoms with van der Waals surface area (Å²) in [5.74, 6) is -0.437. The van der Waals surface area contributed by atoms with E-state index < -0.39 is 17.6 Å². The van der Waals surface area contributed by atoms with E-state index in [1.807, 2.05) is 25.1 Å². The van der Waals surface area contributed by atoms with Crippen molar-refractivity contribution in [2.45, 2.75) is 32.0 Å². The molecule has 0 spiro atoms. The number of nitrogens with zero attached hydrogens (tertiary/aromatic N) is 1. The zero-order valence-electron chi connectivity index (χ0n) is 15.4. The molecular formula is C21H21F3N2O2.